The second-order valence-corrected chi connectivity index (χ2v) is 4.23. The zero-order chi connectivity index (χ0) is 13.7. The lowest BCUT2D eigenvalue weighted by molar-refractivity contribution is 0.262. The zero-order valence-electron chi connectivity index (χ0n) is 10.3. The molecule has 19 heavy (non-hydrogen) atoms. The number of urea groups is 1. The maximum atomic E-state index is 11.8. The van der Waals surface area contributed by atoms with Crippen molar-refractivity contribution in [3.63, 3.8) is 0 Å². The molecule has 2 rings (SSSR count). The molecule has 0 unspecified atom stereocenters. The van der Waals surface area contributed by atoms with Gasteiger partial charge in [0.15, 0.2) is 0 Å². The average Bonchev–Trinajstić information content (AvgIpc) is 2.40. The summed E-state index contributed by atoms with van der Waals surface area (Å²) >= 11 is 5.89. The minimum atomic E-state index is -0.355. The number of hydrogen-bond donors (Lipinski definition) is 2. The molecule has 2 N–H and O–H groups in total. The summed E-state index contributed by atoms with van der Waals surface area (Å²) in [6, 6.07) is 13.8. The van der Waals surface area contributed by atoms with E-state index in [0.29, 0.717) is 22.1 Å². The molecule has 2 amide bonds. The Bertz CT molecular complexity index is 573. The largest absolute Gasteiger partial charge is 0.495 e. The van der Waals surface area contributed by atoms with Gasteiger partial charge in [-0.1, -0.05) is 29.8 Å². The molecule has 0 aliphatic carbocycles. The molecule has 0 spiro atoms. The van der Waals surface area contributed by atoms with Crippen LogP contribution in [-0.4, -0.2) is 13.1 Å². The molecule has 2 aromatic carbocycles. The van der Waals surface area contributed by atoms with Crippen LogP contribution in [0.5, 0.6) is 5.75 Å². The number of amides is 2. The highest BCUT2D eigenvalue weighted by Gasteiger charge is 2.08. The maximum Gasteiger partial charge on any atom is 0.323 e. The van der Waals surface area contributed by atoms with Gasteiger partial charge in [0.25, 0.3) is 0 Å². The summed E-state index contributed by atoms with van der Waals surface area (Å²) < 4.78 is 5.15. The molecule has 2 aromatic rings. The fourth-order valence-corrected chi connectivity index (χ4v) is 1.76. The molecule has 0 saturated heterocycles. The number of nitrogens with one attached hydrogen (secondary N) is 2. The first-order valence-electron chi connectivity index (χ1n) is 5.65. The van der Waals surface area contributed by atoms with Crippen molar-refractivity contribution in [1.82, 2.24) is 0 Å². The van der Waals surface area contributed by atoms with Crippen molar-refractivity contribution in [2.24, 2.45) is 0 Å². The Balaban J connectivity index is 2.09. The molecule has 0 bridgehead atoms. The molecule has 0 atom stereocenters. The molecule has 5 heteroatoms. The van der Waals surface area contributed by atoms with E-state index in [1.54, 1.807) is 30.3 Å². The summed E-state index contributed by atoms with van der Waals surface area (Å²) in [5, 5.41) is 5.93. The Hall–Kier alpha value is -2.20. The third-order valence-electron chi connectivity index (χ3n) is 2.44. The first-order valence-corrected chi connectivity index (χ1v) is 6.03. The quantitative estimate of drug-likeness (QED) is 0.890. The van der Waals surface area contributed by atoms with Gasteiger partial charge in [0.05, 0.1) is 12.8 Å². The van der Waals surface area contributed by atoms with Crippen LogP contribution in [0, 0.1) is 0 Å². The summed E-state index contributed by atoms with van der Waals surface area (Å²) in [5.74, 6) is 0.549. The summed E-state index contributed by atoms with van der Waals surface area (Å²) in [7, 11) is 1.53. The Morgan fingerprint density at radius 2 is 1.84 bits per heavy atom. The summed E-state index contributed by atoms with van der Waals surface area (Å²) in [5.41, 5.74) is 1.23. The lowest BCUT2D eigenvalue weighted by Gasteiger charge is -2.11. The number of carbonyl (C=O) groups is 1. The van der Waals surface area contributed by atoms with Crippen molar-refractivity contribution in [2.75, 3.05) is 17.7 Å². The van der Waals surface area contributed by atoms with Gasteiger partial charge in [0.1, 0.15) is 5.75 Å². The fourth-order valence-electron chi connectivity index (χ4n) is 1.58. The summed E-state index contributed by atoms with van der Waals surface area (Å²) in [6.45, 7) is 0. The topological polar surface area (TPSA) is 50.4 Å². The average molecular weight is 277 g/mol. The van der Waals surface area contributed by atoms with Crippen LogP contribution in [0.25, 0.3) is 0 Å². The standard InChI is InChI=1S/C14H13ClN2O2/c1-19-13-8-7-10(15)9-12(13)17-14(18)16-11-5-3-2-4-6-11/h2-9H,1H3,(H2,16,17,18). The number of benzene rings is 2. The van der Waals surface area contributed by atoms with Crippen molar-refractivity contribution in [3.05, 3.63) is 53.6 Å². The van der Waals surface area contributed by atoms with Gasteiger partial charge in [-0.25, -0.2) is 4.79 Å². The molecular weight excluding hydrogens is 264 g/mol. The molecular formula is C14H13ClN2O2. The molecule has 0 aliphatic heterocycles. The van der Waals surface area contributed by atoms with Crippen LogP contribution >= 0.6 is 11.6 Å². The van der Waals surface area contributed by atoms with E-state index in [4.69, 9.17) is 16.3 Å². The van der Waals surface area contributed by atoms with Gasteiger partial charge in [-0.3, -0.25) is 0 Å². The van der Waals surface area contributed by atoms with Gasteiger partial charge >= 0.3 is 6.03 Å². The molecule has 98 valence electrons. The third kappa shape index (κ3) is 3.63. The summed E-state index contributed by atoms with van der Waals surface area (Å²) in [4.78, 5) is 11.8. The van der Waals surface area contributed by atoms with Crippen molar-refractivity contribution in [1.29, 1.82) is 0 Å². The Morgan fingerprint density at radius 3 is 2.53 bits per heavy atom. The van der Waals surface area contributed by atoms with Gasteiger partial charge in [-0.2, -0.15) is 0 Å². The molecule has 0 aromatic heterocycles. The van der Waals surface area contributed by atoms with Gasteiger partial charge in [0.2, 0.25) is 0 Å². The van der Waals surface area contributed by atoms with E-state index < -0.39 is 0 Å². The fraction of sp³-hybridized carbons (Fsp3) is 0.0714. The third-order valence-corrected chi connectivity index (χ3v) is 2.68. The van der Waals surface area contributed by atoms with E-state index in [9.17, 15) is 4.79 Å². The second kappa shape index (κ2) is 6.11. The monoisotopic (exact) mass is 276 g/mol. The molecule has 0 heterocycles. The van der Waals surface area contributed by atoms with Crippen LogP contribution in [0.4, 0.5) is 16.2 Å². The summed E-state index contributed by atoms with van der Waals surface area (Å²) in [6.07, 6.45) is 0. The van der Waals surface area contributed by atoms with Gasteiger partial charge in [-0.05, 0) is 30.3 Å². The van der Waals surface area contributed by atoms with Crippen LogP contribution < -0.4 is 15.4 Å². The van der Waals surface area contributed by atoms with Gasteiger partial charge < -0.3 is 15.4 Å². The number of ether oxygens (including phenoxy) is 1. The van der Waals surface area contributed by atoms with E-state index in [1.165, 1.54) is 7.11 Å². The Kier molecular flexibility index (Phi) is 4.26. The van der Waals surface area contributed by atoms with Crippen LogP contribution in [0.1, 0.15) is 0 Å². The van der Waals surface area contributed by atoms with Gasteiger partial charge in [0, 0.05) is 10.7 Å². The van der Waals surface area contributed by atoms with E-state index in [1.807, 2.05) is 18.2 Å². The van der Waals surface area contributed by atoms with Crippen LogP contribution in [0.3, 0.4) is 0 Å². The van der Waals surface area contributed by atoms with Gasteiger partial charge in [-0.15, -0.1) is 0 Å². The SMILES string of the molecule is COc1ccc(Cl)cc1NC(=O)Nc1ccccc1. The number of carbonyl (C=O) groups excluding carboxylic acids is 1. The first kappa shape index (κ1) is 13.2. The normalized spacial score (nSPS) is 9.79. The van der Waals surface area contributed by atoms with E-state index in [-0.39, 0.29) is 6.03 Å². The molecule has 0 radical (unpaired) electrons. The minimum Gasteiger partial charge on any atom is -0.495 e. The lowest BCUT2D eigenvalue weighted by Crippen LogP contribution is -2.19. The van der Waals surface area contributed by atoms with E-state index in [0.717, 1.165) is 0 Å². The highest BCUT2D eigenvalue weighted by atomic mass is 35.5. The van der Waals surface area contributed by atoms with E-state index >= 15 is 0 Å². The highest BCUT2D eigenvalue weighted by Crippen LogP contribution is 2.27. The number of halogens is 1. The number of hydrogen-bond acceptors (Lipinski definition) is 2. The smallest absolute Gasteiger partial charge is 0.323 e. The predicted molar refractivity (Wildman–Crippen MR) is 77.1 cm³/mol. The molecule has 0 fully saturated rings. The second-order valence-electron chi connectivity index (χ2n) is 3.79. The van der Waals surface area contributed by atoms with E-state index in [2.05, 4.69) is 10.6 Å². The van der Waals surface area contributed by atoms with Crippen molar-refractivity contribution in [2.45, 2.75) is 0 Å². The minimum absolute atomic E-state index is 0.355. The maximum absolute atomic E-state index is 11.8. The highest BCUT2D eigenvalue weighted by molar-refractivity contribution is 6.31. The number of rotatable bonds is 3. The number of para-hydroxylation sites is 1. The molecule has 0 aliphatic rings. The number of methoxy groups -OCH3 is 1. The van der Waals surface area contributed by atoms with Crippen molar-refractivity contribution < 1.29 is 9.53 Å². The Labute approximate surface area is 116 Å². The molecule has 4 nitrogen and oxygen atoms in total. The number of anilines is 2. The predicted octanol–water partition coefficient (Wildman–Crippen LogP) is 3.99. The van der Waals surface area contributed by atoms with Crippen molar-refractivity contribution in [3.8, 4) is 5.75 Å². The first-order chi connectivity index (χ1) is 9.19. The van der Waals surface area contributed by atoms with Crippen molar-refractivity contribution >= 4 is 29.0 Å². The lowest BCUT2D eigenvalue weighted by atomic mass is 10.3. The van der Waals surface area contributed by atoms with Crippen LogP contribution in [0.15, 0.2) is 48.5 Å². The van der Waals surface area contributed by atoms with Crippen LogP contribution in [0.2, 0.25) is 5.02 Å². The Morgan fingerprint density at radius 1 is 1.11 bits per heavy atom. The van der Waals surface area contributed by atoms with Crippen LogP contribution in [-0.2, 0) is 0 Å². The zero-order valence-corrected chi connectivity index (χ0v) is 11.1. The molecule has 0 saturated carbocycles.